The van der Waals surface area contributed by atoms with Crippen LogP contribution in [0.25, 0.3) is 17.0 Å². The fourth-order valence-electron chi connectivity index (χ4n) is 3.41. The second kappa shape index (κ2) is 9.37. The molecule has 0 aliphatic carbocycles. The van der Waals surface area contributed by atoms with Crippen LogP contribution in [0.15, 0.2) is 33.5 Å². The maximum atomic E-state index is 12.1. The lowest BCUT2D eigenvalue weighted by Gasteiger charge is -2.29. The van der Waals surface area contributed by atoms with Crippen molar-refractivity contribution < 1.29 is 18.7 Å². The lowest BCUT2D eigenvalue weighted by Crippen LogP contribution is -2.28. The molecule has 0 saturated carbocycles. The number of amides is 1. The van der Waals surface area contributed by atoms with Crippen molar-refractivity contribution in [2.24, 2.45) is 0 Å². The minimum atomic E-state index is -0.483. The quantitative estimate of drug-likeness (QED) is 0.437. The van der Waals surface area contributed by atoms with Crippen molar-refractivity contribution in [3.8, 4) is 11.5 Å². The molecule has 0 bridgehead atoms. The van der Waals surface area contributed by atoms with Gasteiger partial charge in [-0.05, 0) is 57.4 Å². The predicted molar refractivity (Wildman–Crippen MR) is 118 cm³/mol. The van der Waals surface area contributed by atoms with E-state index in [1.807, 2.05) is 39.1 Å². The maximum Gasteiger partial charge on any atom is 0.336 e. The van der Waals surface area contributed by atoms with Gasteiger partial charge in [-0.15, -0.1) is 0 Å². The molecule has 162 valence electrons. The minimum Gasteiger partial charge on any atom is -0.490 e. The first-order valence-corrected chi connectivity index (χ1v) is 10.7. The second-order valence-corrected chi connectivity index (χ2v) is 8.30. The summed E-state index contributed by atoms with van der Waals surface area (Å²) >= 11 is 0. The summed E-state index contributed by atoms with van der Waals surface area (Å²) in [4.78, 5) is 25.6. The molecule has 0 spiro atoms. The summed E-state index contributed by atoms with van der Waals surface area (Å²) in [6.07, 6.45) is 8.03. The van der Waals surface area contributed by atoms with Crippen molar-refractivity contribution in [3.63, 3.8) is 0 Å². The molecule has 0 fully saturated rings. The maximum absolute atomic E-state index is 12.1. The second-order valence-electron chi connectivity index (χ2n) is 8.30. The number of benzene rings is 1. The Bertz CT molecular complexity index is 989. The van der Waals surface area contributed by atoms with Gasteiger partial charge in [0.25, 0.3) is 0 Å². The van der Waals surface area contributed by atoms with Gasteiger partial charge >= 0.3 is 5.63 Å². The number of unbranched alkanes of at least 4 members (excludes halogenated alkanes) is 2. The topological polar surface area (TPSA) is 69.0 Å². The van der Waals surface area contributed by atoms with Gasteiger partial charge in [-0.25, -0.2) is 4.79 Å². The van der Waals surface area contributed by atoms with E-state index < -0.39 is 11.2 Å². The number of carbonyl (C=O) groups is 1. The van der Waals surface area contributed by atoms with E-state index in [1.165, 1.54) is 6.07 Å². The van der Waals surface area contributed by atoms with Gasteiger partial charge in [0, 0.05) is 31.5 Å². The molecule has 1 aromatic carbocycles. The van der Waals surface area contributed by atoms with E-state index in [-0.39, 0.29) is 5.91 Å². The molecule has 3 rings (SSSR count). The molecular formula is C24H31NO5. The first kappa shape index (κ1) is 21.9. The Morgan fingerprint density at radius 1 is 1.20 bits per heavy atom. The van der Waals surface area contributed by atoms with Crippen molar-refractivity contribution in [1.29, 1.82) is 0 Å². The summed E-state index contributed by atoms with van der Waals surface area (Å²) in [5.41, 5.74) is 0.332. The molecule has 0 saturated heterocycles. The SMILES string of the molecule is CCCCN(C)C(=O)CCCCOc1cc2ccc(=O)oc2c2c1OC(C)(C)C=C2. The van der Waals surface area contributed by atoms with Gasteiger partial charge in [0.1, 0.15) is 11.2 Å². The number of ether oxygens (including phenoxy) is 2. The fourth-order valence-corrected chi connectivity index (χ4v) is 3.41. The highest BCUT2D eigenvalue weighted by Gasteiger charge is 2.27. The fraction of sp³-hybridized carbons (Fsp3) is 0.500. The van der Waals surface area contributed by atoms with Crippen molar-refractivity contribution in [2.45, 2.75) is 58.5 Å². The van der Waals surface area contributed by atoms with Crippen LogP contribution in [0.2, 0.25) is 0 Å². The van der Waals surface area contributed by atoms with Crippen LogP contribution in [-0.2, 0) is 4.79 Å². The number of rotatable bonds is 9. The molecule has 0 N–H and O–H groups in total. The third-order valence-corrected chi connectivity index (χ3v) is 5.20. The molecule has 0 unspecified atom stereocenters. The average molecular weight is 414 g/mol. The Morgan fingerprint density at radius 3 is 2.77 bits per heavy atom. The molecule has 6 nitrogen and oxygen atoms in total. The Kier molecular flexibility index (Phi) is 6.85. The van der Waals surface area contributed by atoms with E-state index in [0.717, 1.165) is 37.6 Å². The first-order valence-electron chi connectivity index (χ1n) is 10.7. The lowest BCUT2D eigenvalue weighted by atomic mass is 10.00. The van der Waals surface area contributed by atoms with Gasteiger partial charge in [-0.3, -0.25) is 4.79 Å². The van der Waals surface area contributed by atoms with Gasteiger partial charge in [0.2, 0.25) is 5.91 Å². The van der Waals surface area contributed by atoms with E-state index in [4.69, 9.17) is 13.9 Å². The number of hydrogen-bond acceptors (Lipinski definition) is 5. The van der Waals surface area contributed by atoms with Crippen LogP contribution in [0, 0.1) is 0 Å². The zero-order valence-electron chi connectivity index (χ0n) is 18.3. The van der Waals surface area contributed by atoms with E-state index >= 15 is 0 Å². The summed E-state index contributed by atoms with van der Waals surface area (Å²) in [7, 11) is 1.86. The van der Waals surface area contributed by atoms with Crippen LogP contribution in [0.3, 0.4) is 0 Å². The molecule has 1 amide bonds. The molecule has 1 aromatic heterocycles. The molecule has 0 atom stereocenters. The number of hydrogen-bond donors (Lipinski definition) is 0. The number of carbonyl (C=O) groups excluding carboxylic acids is 1. The summed E-state index contributed by atoms with van der Waals surface area (Å²) in [6.45, 7) is 7.33. The van der Waals surface area contributed by atoms with Crippen LogP contribution in [0.1, 0.15) is 58.4 Å². The highest BCUT2D eigenvalue weighted by Crippen LogP contribution is 2.43. The molecule has 6 heteroatoms. The van der Waals surface area contributed by atoms with E-state index in [2.05, 4.69) is 6.92 Å². The lowest BCUT2D eigenvalue weighted by molar-refractivity contribution is -0.130. The highest BCUT2D eigenvalue weighted by atomic mass is 16.5. The van der Waals surface area contributed by atoms with E-state index in [9.17, 15) is 9.59 Å². The molecule has 1 aliphatic rings. The monoisotopic (exact) mass is 413 g/mol. The Labute approximate surface area is 177 Å². The average Bonchev–Trinajstić information content (AvgIpc) is 2.71. The van der Waals surface area contributed by atoms with Crippen molar-refractivity contribution in [3.05, 3.63) is 40.3 Å². The zero-order valence-corrected chi connectivity index (χ0v) is 18.3. The van der Waals surface area contributed by atoms with Gasteiger partial charge < -0.3 is 18.8 Å². The molecule has 2 heterocycles. The number of fused-ring (bicyclic) bond motifs is 3. The Balaban J connectivity index is 1.67. The van der Waals surface area contributed by atoms with Crippen molar-refractivity contribution in [1.82, 2.24) is 4.90 Å². The summed E-state index contributed by atoms with van der Waals surface area (Å²) < 4.78 is 17.6. The van der Waals surface area contributed by atoms with E-state index in [1.54, 1.807) is 11.0 Å². The molecule has 30 heavy (non-hydrogen) atoms. The molecule has 2 aromatic rings. The molecule has 0 radical (unpaired) electrons. The largest absolute Gasteiger partial charge is 0.490 e. The van der Waals surface area contributed by atoms with Gasteiger partial charge in [-0.1, -0.05) is 13.3 Å². The number of nitrogens with zero attached hydrogens (tertiary/aromatic N) is 1. The van der Waals surface area contributed by atoms with Gasteiger partial charge in [0.15, 0.2) is 11.5 Å². The predicted octanol–water partition coefficient (Wildman–Crippen LogP) is 4.78. The molecule has 1 aliphatic heterocycles. The van der Waals surface area contributed by atoms with Gasteiger partial charge in [-0.2, -0.15) is 0 Å². The Morgan fingerprint density at radius 2 is 2.00 bits per heavy atom. The smallest absolute Gasteiger partial charge is 0.336 e. The third-order valence-electron chi connectivity index (χ3n) is 5.20. The zero-order chi connectivity index (χ0) is 21.7. The van der Waals surface area contributed by atoms with Crippen LogP contribution >= 0.6 is 0 Å². The van der Waals surface area contributed by atoms with Crippen LogP contribution in [0.5, 0.6) is 11.5 Å². The normalized spacial score (nSPS) is 14.3. The van der Waals surface area contributed by atoms with E-state index in [0.29, 0.717) is 35.7 Å². The molecular weight excluding hydrogens is 382 g/mol. The highest BCUT2D eigenvalue weighted by molar-refractivity contribution is 5.91. The summed E-state index contributed by atoms with van der Waals surface area (Å²) in [6, 6.07) is 4.97. The minimum absolute atomic E-state index is 0.178. The standard InChI is InChI=1S/C24H31NO5/c1-5-6-14-25(4)20(26)9-7-8-15-28-19-16-17-10-11-21(27)29-22(17)18-12-13-24(2,3)30-23(18)19/h10-13,16H,5-9,14-15H2,1-4H3. The van der Waals surface area contributed by atoms with Crippen molar-refractivity contribution in [2.75, 3.05) is 20.2 Å². The Hall–Kier alpha value is -2.76. The third kappa shape index (κ3) is 5.23. The summed E-state index contributed by atoms with van der Waals surface area (Å²) in [5, 5.41) is 0.782. The van der Waals surface area contributed by atoms with Crippen molar-refractivity contribution >= 4 is 23.0 Å². The summed E-state index contributed by atoms with van der Waals surface area (Å²) in [5.74, 6) is 1.38. The van der Waals surface area contributed by atoms with Crippen LogP contribution < -0.4 is 15.1 Å². The van der Waals surface area contributed by atoms with Gasteiger partial charge in [0.05, 0.1) is 12.2 Å². The van der Waals surface area contributed by atoms with Crippen LogP contribution in [0.4, 0.5) is 0 Å². The first-order chi connectivity index (χ1) is 14.3. The van der Waals surface area contributed by atoms with Crippen LogP contribution in [-0.4, -0.2) is 36.6 Å².